The summed E-state index contributed by atoms with van der Waals surface area (Å²) in [7, 11) is 0. The summed E-state index contributed by atoms with van der Waals surface area (Å²) in [5.41, 5.74) is 1.99. The van der Waals surface area contributed by atoms with Crippen LogP contribution in [0.3, 0.4) is 0 Å². The Bertz CT molecular complexity index is 648. The molecule has 4 heteroatoms. The van der Waals surface area contributed by atoms with Crippen molar-refractivity contribution in [2.24, 2.45) is 5.41 Å². The van der Waals surface area contributed by atoms with Crippen molar-refractivity contribution in [1.29, 1.82) is 0 Å². The van der Waals surface area contributed by atoms with E-state index < -0.39 is 0 Å². The van der Waals surface area contributed by atoms with E-state index in [0.717, 1.165) is 30.1 Å². The standard InChI is InChI=1S/C17H21FN2S/c1-4-19-13-9-17(2,3)10-14-15(13)21-16(20-14)11-7-5-6-8-12(11)18/h5-8,13,19H,4,9-10H2,1-3H3. The van der Waals surface area contributed by atoms with Crippen LogP contribution in [0.4, 0.5) is 4.39 Å². The second-order valence-electron chi connectivity index (χ2n) is 6.47. The maximum Gasteiger partial charge on any atom is 0.133 e. The first-order valence-corrected chi connectivity index (χ1v) is 8.30. The van der Waals surface area contributed by atoms with Crippen molar-refractivity contribution in [3.63, 3.8) is 0 Å². The van der Waals surface area contributed by atoms with E-state index in [-0.39, 0.29) is 11.2 Å². The van der Waals surface area contributed by atoms with Crippen molar-refractivity contribution < 1.29 is 4.39 Å². The second kappa shape index (κ2) is 5.50. The van der Waals surface area contributed by atoms with Gasteiger partial charge in [0.1, 0.15) is 10.8 Å². The predicted octanol–water partition coefficient (Wildman–Crippen LogP) is 4.57. The van der Waals surface area contributed by atoms with Gasteiger partial charge in [0, 0.05) is 16.5 Å². The van der Waals surface area contributed by atoms with Crippen LogP contribution in [-0.2, 0) is 6.42 Å². The lowest BCUT2D eigenvalue weighted by Gasteiger charge is -2.34. The van der Waals surface area contributed by atoms with Crippen LogP contribution in [0.5, 0.6) is 0 Å². The lowest BCUT2D eigenvalue weighted by atomic mass is 9.76. The highest BCUT2D eigenvalue weighted by Crippen LogP contribution is 2.44. The molecular formula is C17H21FN2S. The summed E-state index contributed by atoms with van der Waals surface area (Å²) in [6.45, 7) is 7.62. The minimum Gasteiger partial charge on any atom is -0.309 e. The topological polar surface area (TPSA) is 24.9 Å². The molecule has 0 radical (unpaired) electrons. The van der Waals surface area contributed by atoms with Gasteiger partial charge in [0.25, 0.3) is 0 Å². The molecule has 1 aromatic heterocycles. The van der Waals surface area contributed by atoms with Gasteiger partial charge in [-0.1, -0.05) is 32.9 Å². The zero-order valence-electron chi connectivity index (χ0n) is 12.7. The fraction of sp³-hybridized carbons (Fsp3) is 0.471. The SMILES string of the molecule is CCNC1CC(C)(C)Cc2nc(-c3ccccc3F)sc21. The first-order valence-electron chi connectivity index (χ1n) is 7.48. The summed E-state index contributed by atoms with van der Waals surface area (Å²) < 4.78 is 14.0. The van der Waals surface area contributed by atoms with E-state index in [1.165, 1.54) is 10.9 Å². The Morgan fingerprint density at radius 1 is 1.38 bits per heavy atom. The van der Waals surface area contributed by atoms with Crippen LogP contribution in [0.1, 0.15) is 43.8 Å². The number of nitrogens with zero attached hydrogens (tertiary/aromatic N) is 1. The predicted molar refractivity (Wildman–Crippen MR) is 86.0 cm³/mol. The Kier molecular flexibility index (Phi) is 3.84. The van der Waals surface area contributed by atoms with E-state index in [4.69, 9.17) is 4.98 Å². The monoisotopic (exact) mass is 304 g/mol. The maximum absolute atomic E-state index is 14.0. The van der Waals surface area contributed by atoms with Crippen molar-refractivity contribution >= 4 is 11.3 Å². The van der Waals surface area contributed by atoms with Gasteiger partial charge < -0.3 is 5.32 Å². The molecule has 1 atom stereocenters. The van der Waals surface area contributed by atoms with Crippen LogP contribution in [0.2, 0.25) is 0 Å². The molecule has 0 fully saturated rings. The molecule has 2 nitrogen and oxygen atoms in total. The number of benzene rings is 1. The van der Waals surface area contributed by atoms with E-state index in [1.54, 1.807) is 17.4 Å². The molecule has 1 aliphatic rings. The number of hydrogen-bond donors (Lipinski definition) is 1. The molecule has 0 spiro atoms. The van der Waals surface area contributed by atoms with Crippen molar-refractivity contribution in [2.45, 2.75) is 39.7 Å². The molecule has 21 heavy (non-hydrogen) atoms. The number of halogens is 1. The van der Waals surface area contributed by atoms with Crippen molar-refractivity contribution in [3.05, 3.63) is 40.7 Å². The third-order valence-electron chi connectivity index (χ3n) is 4.00. The minimum absolute atomic E-state index is 0.192. The molecule has 1 unspecified atom stereocenters. The van der Waals surface area contributed by atoms with Crippen LogP contribution in [0, 0.1) is 11.2 Å². The molecular weight excluding hydrogens is 283 g/mol. The molecule has 112 valence electrons. The molecule has 1 aromatic carbocycles. The van der Waals surface area contributed by atoms with E-state index in [2.05, 4.69) is 26.1 Å². The summed E-state index contributed by atoms with van der Waals surface area (Å²) in [5, 5.41) is 4.36. The Hall–Kier alpha value is -1.26. The summed E-state index contributed by atoms with van der Waals surface area (Å²) in [6.07, 6.45) is 2.07. The van der Waals surface area contributed by atoms with E-state index in [9.17, 15) is 4.39 Å². The molecule has 0 aliphatic heterocycles. The summed E-state index contributed by atoms with van der Waals surface area (Å²) in [5.74, 6) is -0.192. The van der Waals surface area contributed by atoms with Crippen LogP contribution < -0.4 is 5.32 Å². The van der Waals surface area contributed by atoms with Gasteiger partial charge in [-0.3, -0.25) is 0 Å². The molecule has 1 aliphatic carbocycles. The molecule has 0 saturated heterocycles. The number of thiazole rings is 1. The zero-order chi connectivity index (χ0) is 15.0. The van der Waals surface area contributed by atoms with E-state index >= 15 is 0 Å². The summed E-state index contributed by atoms with van der Waals surface area (Å²) in [4.78, 5) is 6.03. The van der Waals surface area contributed by atoms with E-state index in [1.807, 2.05) is 12.1 Å². The molecule has 2 aromatic rings. The van der Waals surface area contributed by atoms with Gasteiger partial charge in [0.2, 0.25) is 0 Å². The van der Waals surface area contributed by atoms with E-state index in [0.29, 0.717) is 11.6 Å². The Balaban J connectivity index is 2.04. The Morgan fingerprint density at radius 2 is 2.14 bits per heavy atom. The molecule has 0 amide bonds. The molecule has 0 bridgehead atoms. The highest BCUT2D eigenvalue weighted by atomic mass is 32.1. The van der Waals surface area contributed by atoms with Gasteiger partial charge in [-0.2, -0.15) is 0 Å². The van der Waals surface area contributed by atoms with Gasteiger partial charge in [-0.25, -0.2) is 9.37 Å². The number of hydrogen-bond acceptors (Lipinski definition) is 3. The van der Waals surface area contributed by atoms with Crippen LogP contribution in [0.25, 0.3) is 10.6 Å². The molecule has 0 saturated carbocycles. The number of rotatable bonds is 3. The van der Waals surface area contributed by atoms with Crippen LogP contribution in [0.15, 0.2) is 24.3 Å². The average Bonchev–Trinajstić information content (AvgIpc) is 2.81. The zero-order valence-corrected chi connectivity index (χ0v) is 13.6. The fourth-order valence-corrected chi connectivity index (χ4v) is 4.28. The average molecular weight is 304 g/mol. The highest BCUT2D eigenvalue weighted by Gasteiger charge is 2.34. The lowest BCUT2D eigenvalue weighted by molar-refractivity contribution is 0.260. The van der Waals surface area contributed by atoms with Gasteiger partial charge in [-0.15, -0.1) is 11.3 Å². The first-order chi connectivity index (χ1) is 10.00. The lowest BCUT2D eigenvalue weighted by Crippen LogP contribution is -2.32. The van der Waals surface area contributed by atoms with Crippen molar-refractivity contribution in [3.8, 4) is 10.6 Å². The fourth-order valence-electron chi connectivity index (χ4n) is 3.09. The van der Waals surface area contributed by atoms with Gasteiger partial charge >= 0.3 is 0 Å². The largest absolute Gasteiger partial charge is 0.309 e. The van der Waals surface area contributed by atoms with Gasteiger partial charge in [0.15, 0.2) is 0 Å². The smallest absolute Gasteiger partial charge is 0.133 e. The summed E-state index contributed by atoms with van der Waals surface area (Å²) >= 11 is 1.64. The summed E-state index contributed by atoms with van der Waals surface area (Å²) in [6, 6.07) is 7.24. The van der Waals surface area contributed by atoms with Crippen LogP contribution >= 0.6 is 11.3 Å². The third kappa shape index (κ3) is 2.87. The van der Waals surface area contributed by atoms with Crippen LogP contribution in [-0.4, -0.2) is 11.5 Å². The molecule has 1 heterocycles. The molecule has 1 N–H and O–H groups in total. The minimum atomic E-state index is -0.192. The Labute approximate surface area is 129 Å². The first kappa shape index (κ1) is 14.7. The van der Waals surface area contributed by atoms with Crippen molar-refractivity contribution in [1.82, 2.24) is 10.3 Å². The third-order valence-corrected chi connectivity index (χ3v) is 5.25. The quantitative estimate of drug-likeness (QED) is 0.898. The highest BCUT2D eigenvalue weighted by molar-refractivity contribution is 7.15. The molecule has 3 rings (SSSR count). The Morgan fingerprint density at radius 3 is 2.86 bits per heavy atom. The number of nitrogens with one attached hydrogen (secondary N) is 1. The second-order valence-corrected chi connectivity index (χ2v) is 7.50. The number of fused-ring (bicyclic) bond motifs is 1. The van der Waals surface area contributed by atoms with Crippen molar-refractivity contribution in [2.75, 3.05) is 6.54 Å². The van der Waals surface area contributed by atoms with Gasteiger partial charge in [0.05, 0.1) is 5.69 Å². The van der Waals surface area contributed by atoms with Gasteiger partial charge in [-0.05, 0) is 36.9 Å². The normalized spacial score (nSPS) is 20.3. The maximum atomic E-state index is 14.0. The number of aromatic nitrogens is 1.